The first-order valence-electron chi connectivity index (χ1n) is 12.8. The highest BCUT2D eigenvalue weighted by Gasteiger charge is 2.37. The molecule has 2 aliphatic heterocycles. The Morgan fingerprint density at radius 2 is 1.71 bits per heavy atom. The summed E-state index contributed by atoms with van der Waals surface area (Å²) in [6.45, 7) is 0.974. The van der Waals surface area contributed by atoms with Crippen LogP contribution in [0.25, 0.3) is 0 Å². The van der Waals surface area contributed by atoms with Gasteiger partial charge in [0.15, 0.2) is 11.4 Å². The van der Waals surface area contributed by atoms with E-state index in [1.54, 1.807) is 11.1 Å². The van der Waals surface area contributed by atoms with Gasteiger partial charge in [0.1, 0.15) is 13.3 Å². The molecule has 38 heavy (non-hydrogen) atoms. The van der Waals surface area contributed by atoms with Crippen LogP contribution in [0.1, 0.15) is 45.2 Å². The predicted molar refractivity (Wildman–Crippen MR) is 146 cm³/mol. The summed E-state index contributed by atoms with van der Waals surface area (Å²) in [5, 5.41) is 2.14. The molecule has 1 amide bonds. The fraction of sp³-hybridized carbons (Fsp3) is 0.194. The molecule has 4 heterocycles. The average Bonchev–Trinajstić information content (AvgIpc) is 2.99. The predicted octanol–water partition coefficient (Wildman–Crippen LogP) is 4.47. The van der Waals surface area contributed by atoms with E-state index < -0.39 is 0 Å². The largest absolute Gasteiger partial charge is 0.482 e. The lowest BCUT2D eigenvalue weighted by molar-refractivity contribution is 0.0698. The van der Waals surface area contributed by atoms with Crippen LogP contribution in [0, 0.1) is 0 Å². The highest BCUT2D eigenvalue weighted by atomic mass is 16.5. The van der Waals surface area contributed by atoms with Crippen molar-refractivity contribution < 1.29 is 9.53 Å². The summed E-state index contributed by atoms with van der Waals surface area (Å²) in [6.07, 6.45) is 11.3. The summed E-state index contributed by atoms with van der Waals surface area (Å²) in [6, 6.07) is 23.2. The lowest BCUT2D eigenvalue weighted by atomic mass is 9.93. The van der Waals surface area contributed by atoms with Gasteiger partial charge < -0.3 is 9.64 Å². The van der Waals surface area contributed by atoms with Crippen LogP contribution in [-0.2, 0) is 13.0 Å². The second-order valence-electron chi connectivity index (χ2n) is 9.48. The number of benzene rings is 2. The zero-order chi connectivity index (χ0) is 25.9. The zero-order valence-corrected chi connectivity index (χ0v) is 20.9. The van der Waals surface area contributed by atoms with Gasteiger partial charge in [0, 0.05) is 31.2 Å². The van der Waals surface area contributed by atoms with Gasteiger partial charge in [-0.2, -0.15) is 0 Å². The highest BCUT2D eigenvalue weighted by molar-refractivity contribution is 5.96. The van der Waals surface area contributed by atoms with E-state index in [1.165, 1.54) is 6.07 Å². The minimum absolute atomic E-state index is 0.0664. The summed E-state index contributed by atoms with van der Waals surface area (Å²) in [4.78, 5) is 33.2. The van der Waals surface area contributed by atoms with Crippen LogP contribution in [-0.4, -0.2) is 33.7 Å². The minimum Gasteiger partial charge on any atom is -0.482 e. The average molecular weight is 505 g/mol. The van der Waals surface area contributed by atoms with Crippen molar-refractivity contribution >= 4 is 5.91 Å². The van der Waals surface area contributed by atoms with Crippen LogP contribution in [0.5, 0.6) is 5.75 Å². The maximum Gasteiger partial charge on any atom is 0.278 e. The van der Waals surface area contributed by atoms with Gasteiger partial charge in [-0.15, -0.1) is 0 Å². The van der Waals surface area contributed by atoms with E-state index in [-0.39, 0.29) is 35.4 Å². The standard InChI is InChI=1S/C31H28N4O3/c36-27-16-19-34-29(30(27)38-21-23-10-4-1-5-11-23)31(37)33-18-9-3-8-14-25-20-32-17-15-26(25)28(35(34)22-33)24-12-6-2-7-13-24/h1-7,9-13,15-17,19-20,28H,8,14,18,21-22H2/b9-3-/t28-/m0/s1. The fourth-order valence-electron chi connectivity index (χ4n) is 5.21. The number of carbonyl (C=O) groups excluding carboxylic acids is 1. The number of carbonyl (C=O) groups is 1. The molecule has 0 N–H and O–H groups in total. The Balaban J connectivity index is 1.54. The Kier molecular flexibility index (Phi) is 6.48. The molecule has 2 aromatic heterocycles. The van der Waals surface area contributed by atoms with Crippen LogP contribution in [0.4, 0.5) is 0 Å². The summed E-state index contributed by atoms with van der Waals surface area (Å²) < 4.78 is 7.89. The van der Waals surface area contributed by atoms with Gasteiger partial charge in [-0.05, 0) is 41.2 Å². The van der Waals surface area contributed by atoms with Gasteiger partial charge in [0.25, 0.3) is 5.91 Å². The van der Waals surface area contributed by atoms with E-state index in [1.807, 2.05) is 71.7 Å². The molecule has 0 fully saturated rings. The van der Waals surface area contributed by atoms with Crippen molar-refractivity contribution in [3.8, 4) is 5.75 Å². The van der Waals surface area contributed by atoms with Gasteiger partial charge in [-0.3, -0.25) is 24.3 Å². The van der Waals surface area contributed by atoms with Crippen molar-refractivity contribution in [3.05, 3.63) is 142 Å². The van der Waals surface area contributed by atoms with Crippen molar-refractivity contribution in [2.75, 3.05) is 18.2 Å². The van der Waals surface area contributed by atoms with Crippen LogP contribution < -0.4 is 15.2 Å². The second kappa shape index (κ2) is 10.4. The first kappa shape index (κ1) is 23.7. The molecule has 0 radical (unpaired) electrons. The van der Waals surface area contributed by atoms with Crippen LogP contribution in [0.2, 0.25) is 0 Å². The maximum atomic E-state index is 13.9. The number of ether oxygens (including phenoxy) is 1. The number of pyridine rings is 2. The summed E-state index contributed by atoms with van der Waals surface area (Å²) >= 11 is 0. The second-order valence-corrected chi connectivity index (χ2v) is 9.48. The molecule has 2 bridgehead atoms. The van der Waals surface area contributed by atoms with Crippen molar-refractivity contribution in [1.82, 2.24) is 14.6 Å². The number of rotatable bonds is 4. The number of aromatic nitrogens is 2. The molecule has 6 rings (SSSR count). The van der Waals surface area contributed by atoms with E-state index >= 15 is 0 Å². The first-order chi connectivity index (χ1) is 18.7. The zero-order valence-electron chi connectivity index (χ0n) is 20.9. The van der Waals surface area contributed by atoms with Crippen molar-refractivity contribution in [2.45, 2.75) is 25.5 Å². The topological polar surface area (TPSA) is 67.7 Å². The van der Waals surface area contributed by atoms with Crippen LogP contribution in [0.15, 0.2) is 108 Å². The molecule has 2 aromatic carbocycles. The lowest BCUT2D eigenvalue weighted by Gasteiger charge is -2.44. The van der Waals surface area contributed by atoms with E-state index in [0.29, 0.717) is 13.2 Å². The van der Waals surface area contributed by atoms with Gasteiger partial charge in [0.05, 0.1) is 6.04 Å². The Morgan fingerprint density at radius 3 is 2.53 bits per heavy atom. The Bertz CT molecular complexity index is 1530. The van der Waals surface area contributed by atoms with E-state index in [0.717, 1.165) is 35.1 Å². The molecule has 190 valence electrons. The smallest absolute Gasteiger partial charge is 0.278 e. The van der Waals surface area contributed by atoms with E-state index in [2.05, 4.69) is 34.3 Å². The van der Waals surface area contributed by atoms with Gasteiger partial charge in [-0.25, -0.2) is 0 Å². The molecule has 0 aliphatic carbocycles. The molecule has 0 spiro atoms. The quantitative estimate of drug-likeness (QED) is 0.384. The maximum absolute atomic E-state index is 13.9. The molecule has 7 heteroatoms. The summed E-state index contributed by atoms with van der Waals surface area (Å²) in [5.74, 6) is -0.163. The molecule has 0 unspecified atom stereocenters. The van der Waals surface area contributed by atoms with E-state index in [9.17, 15) is 9.59 Å². The molecule has 0 saturated carbocycles. The molecule has 4 aromatic rings. The molecular weight excluding hydrogens is 476 g/mol. The fourth-order valence-corrected chi connectivity index (χ4v) is 5.21. The normalized spacial score (nSPS) is 17.7. The van der Waals surface area contributed by atoms with Gasteiger partial charge >= 0.3 is 0 Å². The lowest BCUT2D eigenvalue weighted by Crippen LogP contribution is -2.55. The highest BCUT2D eigenvalue weighted by Crippen LogP contribution is 2.34. The van der Waals surface area contributed by atoms with Crippen LogP contribution >= 0.6 is 0 Å². The van der Waals surface area contributed by atoms with Crippen LogP contribution in [0.3, 0.4) is 0 Å². The summed E-state index contributed by atoms with van der Waals surface area (Å²) in [7, 11) is 0. The molecule has 2 aliphatic rings. The Labute approximate surface area is 221 Å². The number of amides is 1. The number of fused-ring (bicyclic) bond motifs is 5. The molecule has 0 saturated heterocycles. The van der Waals surface area contributed by atoms with E-state index in [4.69, 9.17) is 4.74 Å². The monoisotopic (exact) mass is 504 g/mol. The van der Waals surface area contributed by atoms with Crippen molar-refractivity contribution in [1.29, 1.82) is 0 Å². The SMILES string of the molecule is O=C1c2c(OCc3ccccc3)c(=O)ccn2N2CN1C/C=C\CCc1cnccc1[C@@H]2c1ccccc1. The number of hydrogen-bond acceptors (Lipinski definition) is 5. The van der Waals surface area contributed by atoms with Crippen molar-refractivity contribution in [2.24, 2.45) is 0 Å². The number of hydrogen-bond donors (Lipinski definition) is 0. The molecular formula is C31H28N4O3. The number of nitrogens with zero attached hydrogens (tertiary/aromatic N) is 4. The number of allylic oxidation sites excluding steroid dienone is 1. The van der Waals surface area contributed by atoms with Gasteiger partial charge in [0.2, 0.25) is 5.43 Å². The summed E-state index contributed by atoms with van der Waals surface area (Å²) in [5.41, 5.74) is 4.19. The Morgan fingerprint density at radius 1 is 0.921 bits per heavy atom. The van der Waals surface area contributed by atoms with Crippen molar-refractivity contribution in [3.63, 3.8) is 0 Å². The third-order valence-corrected chi connectivity index (χ3v) is 7.07. The molecule has 1 atom stereocenters. The Hall–Kier alpha value is -4.65. The third kappa shape index (κ3) is 4.47. The first-order valence-corrected chi connectivity index (χ1v) is 12.8. The minimum atomic E-state index is -0.317. The molecule has 7 nitrogen and oxygen atoms in total. The van der Waals surface area contributed by atoms with Gasteiger partial charge in [-0.1, -0.05) is 72.8 Å². The number of aryl methyl sites for hydroxylation is 1. The third-order valence-electron chi connectivity index (χ3n) is 7.07.